The number of amides is 3. The zero-order chi connectivity index (χ0) is 28.6. The highest BCUT2D eigenvalue weighted by molar-refractivity contribution is 6.02. The average molecular weight is 530 g/mol. The molecule has 0 saturated heterocycles. The van der Waals surface area contributed by atoms with Gasteiger partial charge in [-0.15, -0.1) is 0 Å². The normalized spacial score (nSPS) is 12.6. The van der Waals surface area contributed by atoms with E-state index in [0.717, 1.165) is 16.3 Å². The first kappa shape index (κ1) is 29.5. The van der Waals surface area contributed by atoms with E-state index >= 15 is 0 Å². The lowest BCUT2D eigenvalue weighted by Gasteiger charge is -2.32. The van der Waals surface area contributed by atoms with Crippen molar-refractivity contribution in [1.29, 1.82) is 0 Å². The van der Waals surface area contributed by atoms with Gasteiger partial charge < -0.3 is 16.4 Å². The zero-order valence-corrected chi connectivity index (χ0v) is 23.2. The smallest absolute Gasteiger partial charge is 0.326 e. The largest absolute Gasteiger partial charge is 0.351 e. The number of hydrogen-bond donors (Lipinski definition) is 3. The number of rotatable bonds is 12. The first-order valence-corrected chi connectivity index (χ1v) is 13.2. The van der Waals surface area contributed by atoms with Gasteiger partial charge in [-0.1, -0.05) is 73.7 Å². The van der Waals surface area contributed by atoms with Crippen LogP contribution in [0.4, 0.5) is 10.5 Å². The monoisotopic (exact) mass is 529 g/mol. The molecule has 8 heteroatoms. The standard InChI is InChI=1S/C31H39N5O3/c1-5-36(34-30(32)39)29(27(37)19-17-22-16-18-23-11-6-7-12-24(23)21-22)25-13-8-9-14-26(25)35(4)28(38)15-10-20-31(2,3)33/h6-16,18,21,29H,5,17,19-20,33H2,1-4H3,(H3,32,34,39). The summed E-state index contributed by atoms with van der Waals surface area (Å²) in [6.45, 7) is 5.93. The Morgan fingerprint density at radius 2 is 1.67 bits per heavy atom. The fourth-order valence-corrected chi connectivity index (χ4v) is 4.50. The maximum Gasteiger partial charge on any atom is 0.326 e. The van der Waals surface area contributed by atoms with Crippen LogP contribution < -0.4 is 21.8 Å². The summed E-state index contributed by atoms with van der Waals surface area (Å²) in [5.74, 6) is -0.354. The molecule has 0 aromatic heterocycles. The van der Waals surface area contributed by atoms with Crippen molar-refractivity contribution in [2.45, 2.75) is 51.6 Å². The van der Waals surface area contributed by atoms with Crippen LogP contribution in [-0.4, -0.2) is 41.9 Å². The number of para-hydroxylation sites is 1. The molecule has 1 unspecified atom stereocenters. The van der Waals surface area contributed by atoms with E-state index in [-0.39, 0.29) is 18.1 Å². The van der Waals surface area contributed by atoms with Gasteiger partial charge >= 0.3 is 6.03 Å². The molecule has 3 aromatic rings. The Bertz CT molecular complexity index is 1350. The number of hydrazine groups is 1. The van der Waals surface area contributed by atoms with E-state index in [2.05, 4.69) is 23.6 Å². The third-order valence-electron chi connectivity index (χ3n) is 6.51. The van der Waals surface area contributed by atoms with Gasteiger partial charge in [0.1, 0.15) is 6.04 Å². The van der Waals surface area contributed by atoms with Crippen LogP contribution in [0.2, 0.25) is 0 Å². The molecule has 3 rings (SSSR count). The minimum atomic E-state index is -0.846. The van der Waals surface area contributed by atoms with Crippen LogP contribution >= 0.6 is 0 Å². The minimum Gasteiger partial charge on any atom is -0.351 e. The van der Waals surface area contributed by atoms with Crippen LogP contribution in [0, 0.1) is 0 Å². The number of hydrogen-bond acceptors (Lipinski definition) is 5. The van der Waals surface area contributed by atoms with Crippen molar-refractivity contribution >= 4 is 34.2 Å². The van der Waals surface area contributed by atoms with Crippen LogP contribution in [0.1, 0.15) is 50.8 Å². The molecule has 3 amide bonds. The Balaban J connectivity index is 1.91. The highest BCUT2D eigenvalue weighted by atomic mass is 16.2. The van der Waals surface area contributed by atoms with Crippen molar-refractivity contribution in [3.8, 4) is 0 Å². The molecular formula is C31H39N5O3. The molecule has 5 N–H and O–H groups in total. The van der Waals surface area contributed by atoms with E-state index in [1.54, 1.807) is 25.3 Å². The predicted octanol–water partition coefficient (Wildman–Crippen LogP) is 4.63. The number of carbonyl (C=O) groups excluding carboxylic acids is 3. The summed E-state index contributed by atoms with van der Waals surface area (Å²) in [6, 6.07) is 19.8. The zero-order valence-electron chi connectivity index (χ0n) is 23.2. The maximum absolute atomic E-state index is 13.8. The van der Waals surface area contributed by atoms with Gasteiger partial charge in [0.05, 0.1) is 0 Å². The topological polar surface area (TPSA) is 122 Å². The van der Waals surface area contributed by atoms with Gasteiger partial charge in [0.2, 0.25) is 5.91 Å². The van der Waals surface area contributed by atoms with Gasteiger partial charge in [0, 0.05) is 36.8 Å². The van der Waals surface area contributed by atoms with Crippen LogP contribution in [0.5, 0.6) is 0 Å². The molecule has 0 spiro atoms. The van der Waals surface area contributed by atoms with E-state index in [9.17, 15) is 14.4 Å². The number of Topliss-reactive ketones (excluding diaryl/α,β-unsaturated/α-hetero) is 1. The first-order chi connectivity index (χ1) is 18.5. The Morgan fingerprint density at radius 1 is 1.00 bits per heavy atom. The summed E-state index contributed by atoms with van der Waals surface area (Å²) >= 11 is 0. The number of likely N-dealkylation sites (N-methyl/N-ethyl adjacent to an activating group) is 2. The fraction of sp³-hybridized carbons (Fsp3) is 0.323. The number of benzene rings is 3. The first-order valence-electron chi connectivity index (χ1n) is 13.2. The summed E-state index contributed by atoms with van der Waals surface area (Å²) in [6.07, 6.45) is 4.54. The Labute approximate surface area is 230 Å². The molecule has 3 aromatic carbocycles. The maximum atomic E-state index is 13.8. The molecular weight excluding hydrogens is 490 g/mol. The SMILES string of the molecule is CCN(NC(N)=O)C(C(=O)CCc1ccc2ccccc2c1)c1ccccc1N(C)C(=O)C=CCC(C)(C)N. The second kappa shape index (κ2) is 13.2. The van der Waals surface area contributed by atoms with Gasteiger partial charge in [0.25, 0.3) is 0 Å². The number of primary amides is 1. The molecule has 0 saturated carbocycles. The van der Waals surface area contributed by atoms with Gasteiger partial charge in [0.15, 0.2) is 5.78 Å². The number of ketones is 1. The molecule has 39 heavy (non-hydrogen) atoms. The van der Waals surface area contributed by atoms with Gasteiger partial charge in [-0.3, -0.25) is 15.0 Å². The van der Waals surface area contributed by atoms with Crippen molar-refractivity contribution in [2.24, 2.45) is 11.5 Å². The fourth-order valence-electron chi connectivity index (χ4n) is 4.50. The quantitative estimate of drug-likeness (QED) is 0.233. The number of nitrogens with zero attached hydrogens (tertiary/aromatic N) is 2. The molecule has 0 aliphatic carbocycles. The van der Waals surface area contributed by atoms with E-state index in [1.165, 1.54) is 16.0 Å². The van der Waals surface area contributed by atoms with Crippen molar-refractivity contribution in [3.63, 3.8) is 0 Å². The van der Waals surface area contributed by atoms with Crippen molar-refractivity contribution < 1.29 is 14.4 Å². The molecule has 0 fully saturated rings. The number of aryl methyl sites for hydroxylation is 1. The number of nitrogens with two attached hydrogens (primary N) is 2. The number of urea groups is 1. The predicted molar refractivity (Wildman–Crippen MR) is 157 cm³/mol. The lowest BCUT2D eigenvalue weighted by atomic mass is 9.94. The average Bonchev–Trinajstić information content (AvgIpc) is 2.90. The van der Waals surface area contributed by atoms with E-state index in [4.69, 9.17) is 11.5 Å². The number of fused-ring (bicyclic) bond motifs is 1. The molecule has 0 bridgehead atoms. The third kappa shape index (κ3) is 8.24. The van der Waals surface area contributed by atoms with Crippen molar-refractivity contribution in [2.75, 3.05) is 18.5 Å². The van der Waals surface area contributed by atoms with Gasteiger partial charge in [-0.25, -0.2) is 9.80 Å². The Hall–Kier alpha value is -4.01. The van der Waals surface area contributed by atoms with Crippen LogP contribution in [0.15, 0.2) is 78.9 Å². The molecule has 8 nitrogen and oxygen atoms in total. The number of anilines is 1. The molecule has 0 radical (unpaired) electrons. The van der Waals surface area contributed by atoms with Crippen molar-refractivity contribution in [1.82, 2.24) is 10.4 Å². The highest BCUT2D eigenvalue weighted by Crippen LogP contribution is 2.31. The number of carbonyl (C=O) groups is 3. The molecule has 1 atom stereocenters. The highest BCUT2D eigenvalue weighted by Gasteiger charge is 2.31. The van der Waals surface area contributed by atoms with Crippen LogP contribution in [-0.2, 0) is 16.0 Å². The van der Waals surface area contributed by atoms with E-state index < -0.39 is 17.6 Å². The van der Waals surface area contributed by atoms with Crippen LogP contribution in [0.3, 0.4) is 0 Å². The van der Waals surface area contributed by atoms with E-state index in [0.29, 0.717) is 30.6 Å². The second-order valence-corrected chi connectivity index (χ2v) is 10.4. The van der Waals surface area contributed by atoms with Gasteiger partial charge in [-0.05, 0) is 55.2 Å². The van der Waals surface area contributed by atoms with Crippen molar-refractivity contribution in [3.05, 3.63) is 90.0 Å². The summed E-state index contributed by atoms with van der Waals surface area (Å²) in [5, 5.41) is 3.77. The molecule has 0 heterocycles. The van der Waals surface area contributed by atoms with Crippen LogP contribution in [0.25, 0.3) is 10.8 Å². The lowest BCUT2D eigenvalue weighted by molar-refractivity contribution is -0.125. The second-order valence-electron chi connectivity index (χ2n) is 10.4. The molecule has 206 valence electrons. The van der Waals surface area contributed by atoms with E-state index in [1.807, 2.05) is 57.2 Å². The third-order valence-corrected chi connectivity index (χ3v) is 6.51. The summed E-state index contributed by atoms with van der Waals surface area (Å²) in [7, 11) is 1.66. The van der Waals surface area contributed by atoms with Gasteiger partial charge in [-0.2, -0.15) is 0 Å². The Kier molecular flexibility index (Phi) is 9.98. The Morgan fingerprint density at radius 3 is 2.33 bits per heavy atom. The summed E-state index contributed by atoms with van der Waals surface area (Å²) < 4.78 is 0. The molecule has 0 aliphatic rings. The number of nitrogens with one attached hydrogen (secondary N) is 1. The minimum absolute atomic E-state index is 0.104. The molecule has 0 aliphatic heterocycles. The lowest BCUT2D eigenvalue weighted by Crippen LogP contribution is -2.49. The summed E-state index contributed by atoms with van der Waals surface area (Å²) in [4.78, 5) is 40.2. The summed E-state index contributed by atoms with van der Waals surface area (Å²) in [5.41, 5.74) is 15.8.